The molecular weight excluding hydrogens is 464 g/mol. The van der Waals surface area contributed by atoms with Crippen molar-refractivity contribution < 1.29 is 19.2 Å². The summed E-state index contributed by atoms with van der Waals surface area (Å²) in [6, 6.07) is 21.2. The van der Waals surface area contributed by atoms with Crippen LogP contribution in [0.25, 0.3) is 11.1 Å². The van der Waals surface area contributed by atoms with Crippen LogP contribution in [0.15, 0.2) is 84.9 Å². The Morgan fingerprint density at radius 2 is 1.41 bits per heavy atom. The number of carbonyl (C=O) groups excluding carboxylic acids is 4. The number of imide groups is 1. The molecule has 1 aliphatic heterocycles. The van der Waals surface area contributed by atoms with Crippen molar-refractivity contribution in [3.63, 3.8) is 0 Å². The molecule has 3 aliphatic carbocycles. The van der Waals surface area contributed by atoms with Gasteiger partial charge in [-0.2, -0.15) is 0 Å². The number of allylic oxidation sites excluding steroid dienone is 2. The van der Waals surface area contributed by atoms with E-state index < -0.39 is 11.9 Å². The number of anilines is 1. The van der Waals surface area contributed by atoms with E-state index in [2.05, 4.69) is 5.32 Å². The van der Waals surface area contributed by atoms with E-state index in [1.54, 1.807) is 18.2 Å². The topological polar surface area (TPSA) is 83.6 Å². The van der Waals surface area contributed by atoms with Crippen LogP contribution in [0.2, 0.25) is 0 Å². The maximum atomic E-state index is 13.7. The molecule has 6 heteroatoms. The number of nitrogens with one attached hydrogen (secondary N) is 1. The fraction of sp³-hybridized carbons (Fsp3) is 0.226. The number of hydrogen-bond donors (Lipinski definition) is 1. The Balaban J connectivity index is 1.20. The van der Waals surface area contributed by atoms with Crippen LogP contribution in [0.1, 0.15) is 27.9 Å². The lowest BCUT2D eigenvalue weighted by atomic mass is 9.85. The number of nitrogens with zero attached hydrogens (tertiary/aromatic N) is 1. The fourth-order valence-electron chi connectivity index (χ4n) is 6.70. The van der Waals surface area contributed by atoms with E-state index in [-0.39, 0.29) is 47.7 Å². The molecule has 7 rings (SSSR count). The maximum absolute atomic E-state index is 13.7. The Bertz CT molecular complexity index is 1500. The van der Waals surface area contributed by atoms with E-state index in [0.29, 0.717) is 16.8 Å². The van der Waals surface area contributed by atoms with E-state index in [4.69, 9.17) is 0 Å². The Labute approximate surface area is 214 Å². The second-order valence-corrected chi connectivity index (χ2v) is 10.4. The van der Waals surface area contributed by atoms with Gasteiger partial charge in [0.25, 0.3) is 0 Å². The first-order valence-corrected chi connectivity index (χ1v) is 12.7. The van der Waals surface area contributed by atoms with E-state index in [9.17, 15) is 19.2 Å². The van der Waals surface area contributed by atoms with Crippen molar-refractivity contribution in [2.75, 3.05) is 5.32 Å². The van der Waals surface area contributed by atoms with Gasteiger partial charge >= 0.3 is 0 Å². The molecule has 4 aliphatic rings. The highest BCUT2D eigenvalue weighted by atomic mass is 16.2. The zero-order valence-corrected chi connectivity index (χ0v) is 20.0. The molecule has 5 atom stereocenters. The van der Waals surface area contributed by atoms with Gasteiger partial charge in [-0.15, -0.1) is 0 Å². The number of rotatable bonds is 5. The molecule has 2 bridgehead atoms. The molecule has 2 fully saturated rings. The van der Waals surface area contributed by atoms with Crippen molar-refractivity contribution in [1.29, 1.82) is 0 Å². The van der Waals surface area contributed by atoms with Crippen LogP contribution < -0.4 is 5.32 Å². The van der Waals surface area contributed by atoms with Crippen molar-refractivity contribution in [3.8, 4) is 11.1 Å². The van der Waals surface area contributed by atoms with Gasteiger partial charge < -0.3 is 5.32 Å². The van der Waals surface area contributed by atoms with Gasteiger partial charge in [0.15, 0.2) is 5.78 Å². The lowest BCUT2D eigenvalue weighted by Gasteiger charge is -2.27. The summed E-state index contributed by atoms with van der Waals surface area (Å²) in [6.45, 7) is 0. The molecule has 0 unspecified atom stereocenters. The highest BCUT2D eigenvalue weighted by molar-refractivity contribution is 6.22. The molecule has 1 saturated carbocycles. The summed E-state index contributed by atoms with van der Waals surface area (Å²) in [4.78, 5) is 55.0. The van der Waals surface area contributed by atoms with E-state index in [0.717, 1.165) is 23.1 Å². The molecule has 1 heterocycles. The number of likely N-dealkylation sites (tertiary alicyclic amines) is 1. The number of ketones is 1. The molecule has 1 N–H and O–H groups in total. The highest BCUT2D eigenvalue weighted by Gasteiger charge is 2.61. The van der Waals surface area contributed by atoms with Crippen LogP contribution in [-0.2, 0) is 20.8 Å². The quantitative estimate of drug-likeness (QED) is 0.336. The van der Waals surface area contributed by atoms with Gasteiger partial charge in [0.05, 0.1) is 11.8 Å². The van der Waals surface area contributed by atoms with Gasteiger partial charge in [0, 0.05) is 23.2 Å². The molecule has 37 heavy (non-hydrogen) atoms. The molecule has 3 aromatic carbocycles. The zero-order valence-electron chi connectivity index (χ0n) is 20.0. The summed E-state index contributed by atoms with van der Waals surface area (Å²) in [5.41, 5.74) is 4.21. The minimum Gasteiger partial charge on any atom is -0.324 e. The molecule has 182 valence electrons. The Kier molecular flexibility index (Phi) is 4.80. The lowest BCUT2D eigenvalue weighted by molar-refractivity contribution is -0.147. The smallest absolute Gasteiger partial charge is 0.248 e. The van der Waals surface area contributed by atoms with Crippen molar-refractivity contribution >= 4 is 29.2 Å². The van der Waals surface area contributed by atoms with Crippen LogP contribution >= 0.6 is 0 Å². The number of carbonyl (C=O) groups is 4. The van der Waals surface area contributed by atoms with Crippen molar-refractivity contribution in [3.05, 3.63) is 102 Å². The summed E-state index contributed by atoms with van der Waals surface area (Å²) in [6.07, 6.45) is 5.15. The van der Waals surface area contributed by atoms with Crippen molar-refractivity contribution in [1.82, 2.24) is 4.90 Å². The molecule has 1 saturated heterocycles. The maximum Gasteiger partial charge on any atom is 0.248 e. The molecule has 3 aromatic rings. The molecule has 3 amide bonds. The minimum absolute atomic E-state index is 0.0706. The minimum atomic E-state index is -0.978. The summed E-state index contributed by atoms with van der Waals surface area (Å²) in [5, 5.41) is 2.91. The Morgan fingerprint density at radius 1 is 0.784 bits per heavy atom. The Hall–Kier alpha value is -4.32. The largest absolute Gasteiger partial charge is 0.324 e. The predicted molar refractivity (Wildman–Crippen MR) is 137 cm³/mol. The van der Waals surface area contributed by atoms with Crippen LogP contribution in [0.5, 0.6) is 0 Å². The molecule has 0 aromatic heterocycles. The summed E-state index contributed by atoms with van der Waals surface area (Å²) < 4.78 is 0. The third kappa shape index (κ3) is 3.25. The molecule has 0 radical (unpaired) electrons. The van der Waals surface area contributed by atoms with Crippen LogP contribution in [0, 0.1) is 23.7 Å². The predicted octanol–water partition coefficient (Wildman–Crippen LogP) is 4.25. The van der Waals surface area contributed by atoms with Crippen molar-refractivity contribution in [2.45, 2.75) is 18.9 Å². The van der Waals surface area contributed by atoms with Gasteiger partial charge in [0.1, 0.15) is 6.04 Å². The van der Waals surface area contributed by atoms with Gasteiger partial charge in [-0.3, -0.25) is 24.1 Å². The fourth-order valence-corrected chi connectivity index (χ4v) is 6.70. The monoisotopic (exact) mass is 488 g/mol. The van der Waals surface area contributed by atoms with Crippen LogP contribution in [-0.4, -0.2) is 34.4 Å². The summed E-state index contributed by atoms with van der Waals surface area (Å²) in [7, 11) is 0. The number of fused-ring (bicyclic) bond motifs is 8. The van der Waals surface area contributed by atoms with E-state index >= 15 is 0 Å². The molecular formula is C31H24N2O4. The normalized spacial score (nSPS) is 25.3. The van der Waals surface area contributed by atoms with Gasteiger partial charge in [-0.05, 0) is 47.1 Å². The number of amides is 3. The molecule has 0 spiro atoms. The zero-order chi connectivity index (χ0) is 25.3. The summed E-state index contributed by atoms with van der Waals surface area (Å²) in [5.74, 6) is -1.61. The summed E-state index contributed by atoms with van der Waals surface area (Å²) >= 11 is 0. The van der Waals surface area contributed by atoms with Crippen LogP contribution in [0.4, 0.5) is 5.69 Å². The average molecular weight is 489 g/mol. The van der Waals surface area contributed by atoms with Gasteiger partial charge in [0.2, 0.25) is 17.7 Å². The van der Waals surface area contributed by atoms with E-state index in [1.165, 1.54) is 4.90 Å². The average Bonchev–Trinajstić information content (AvgIpc) is 3.66. The standard InChI is InChI=1S/C31H24N2O4/c34-28-23-9-5-4-8-21(23)22-13-12-20(16-24(22)28)32-29(35)25(14-17-6-2-1-3-7-17)33-30(36)26-18-10-11-19(15-18)27(26)31(33)37/h1-13,16,18-19,25-27H,14-15H2,(H,32,35)/t18-,19-,25-,26+,27+/m0/s1. The van der Waals surface area contributed by atoms with E-state index in [1.807, 2.05) is 66.7 Å². The highest BCUT2D eigenvalue weighted by Crippen LogP contribution is 2.53. The lowest BCUT2D eigenvalue weighted by Crippen LogP contribution is -2.49. The number of benzene rings is 3. The Morgan fingerprint density at radius 3 is 2.11 bits per heavy atom. The third-order valence-corrected chi connectivity index (χ3v) is 8.38. The second kappa shape index (κ2) is 8.10. The SMILES string of the molecule is O=C1c2ccccc2-c2ccc(NC(=O)[C@H](Cc3ccccc3)N3C(=O)[C@H]4[C@H](C3=O)[C@H]3C=C[C@H]4C3)cc21. The first-order chi connectivity index (χ1) is 18.0. The first kappa shape index (κ1) is 21.9. The second-order valence-electron chi connectivity index (χ2n) is 10.4. The van der Waals surface area contributed by atoms with Gasteiger partial charge in [-0.1, -0.05) is 72.8 Å². The third-order valence-electron chi connectivity index (χ3n) is 8.38. The molecule has 6 nitrogen and oxygen atoms in total. The van der Waals surface area contributed by atoms with Crippen molar-refractivity contribution in [2.24, 2.45) is 23.7 Å². The van der Waals surface area contributed by atoms with Gasteiger partial charge in [-0.25, -0.2) is 0 Å². The number of hydrogen-bond acceptors (Lipinski definition) is 4. The first-order valence-electron chi connectivity index (χ1n) is 12.7. The van der Waals surface area contributed by atoms with Crippen LogP contribution in [0.3, 0.4) is 0 Å².